The number of carbonyl (C=O) groups is 2. The Hall–Kier alpha value is -3.24. The molecule has 1 aliphatic heterocycles. The van der Waals surface area contributed by atoms with Gasteiger partial charge in [0.1, 0.15) is 0 Å². The van der Waals surface area contributed by atoms with E-state index in [-0.39, 0.29) is 23.7 Å². The molecule has 0 radical (unpaired) electrons. The Labute approximate surface area is 189 Å². The van der Waals surface area contributed by atoms with Gasteiger partial charge in [0.25, 0.3) is 0 Å². The average Bonchev–Trinajstić information content (AvgIpc) is 2.80. The Morgan fingerprint density at radius 3 is 2.47 bits per heavy atom. The molecule has 32 heavy (non-hydrogen) atoms. The molecule has 3 aromatic carbocycles. The molecule has 0 spiro atoms. The molecular weight excluding hydrogens is 398 g/mol. The summed E-state index contributed by atoms with van der Waals surface area (Å²) in [5.74, 6) is -0.977. The number of benzene rings is 3. The lowest BCUT2D eigenvalue weighted by molar-refractivity contribution is -0.135. The number of amides is 2. The fourth-order valence-electron chi connectivity index (χ4n) is 4.75. The van der Waals surface area contributed by atoms with Crippen molar-refractivity contribution in [3.05, 3.63) is 95.1 Å². The Kier molecular flexibility index (Phi) is 6.81. The highest BCUT2D eigenvalue weighted by molar-refractivity contribution is 6.02. The quantitative estimate of drug-likeness (QED) is 0.419. The third kappa shape index (κ3) is 4.66. The van der Waals surface area contributed by atoms with Crippen LogP contribution in [0.3, 0.4) is 0 Å². The third-order valence-corrected chi connectivity index (χ3v) is 6.31. The molecule has 164 valence electrons. The largest absolute Gasteiger partial charge is 0.385 e. The van der Waals surface area contributed by atoms with Crippen molar-refractivity contribution in [3.8, 4) is 11.1 Å². The zero-order valence-corrected chi connectivity index (χ0v) is 18.6. The predicted molar refractivity (Wildman–Crippen MR) is 127 cm³/mol. The molecule has 0 saturated carbocycles. The van der Waals surface area contributed by atoms with Crippen molar-refractivity contribution in [2.45, 2.75) is 38.0 Å². The van der Waals surface area contributed by atoms with Gasteiger partial charge in [-0.3, -0.25) is 14.9 Å². The SMILES string of the molecule is COCCCc1ccccc1-c1ccc([C@H]2C(=O)NC(=O)C[C@@H]2c2ccccc2)c(C)c1. The summed E-state index contributed by atoms with van der Waals surface area (Å²) < 4.78 is 5.21. The van der Waals surface area contributed by atoms with E-state index in [1.165, 1.54) is 11.1 Å². The van der Waals surface area contributed by atoms with Crippen LogP contribution in [-0.2, 0) is 20.7 Å². The van der Waals surface area contributed by atoms with Gasteiger partial charge >= 0.3 is 0 Å². The molecule has 4 rings (SSSR count). The van der Waals surface area contributed by atoms with Crippen LogP contribution in [0.2, 0.25) is 0 Å². The van der Waals surface area contributed by atoms with Gasteiger partial charge in [-0.15, -0.1) is 0 Å². The highest BCUT2D eigenvalue weighted by atomic mass is 16.5. The fraction of sp³-hybridized carbons (Fsp3) is 0.286. The molecule has 0 unspecified atom stereocenters. The topological polar surface area (TPSA) is 55.4 Å². The zero-order valence-electron chi connectivity index (χ0n) is 18.6. The summed E-state index contributed by atoms with van der Waals surface area (Å²) in [6.07, 6.45) is 2.23. The second-order valence-corrected chi connectivity index (χ2v) is 8.44. The van der Waals surface area contributed by atoms with Crippen LogP contribution in [0.1, 0.15) is 46.9 Å². The van der Waals surface area contributed by atoms with Crippen LogP contribution < -0.4 is 5.32 Å². The molecule has 2 amide bonds. The number of methoxy groups -OCH3 is 1. The van der Waals surface area contributed by atoms with Gasteiger partial charge in [0, 0.05) is 26.1 Å². The van der Waals surface area contributed by atoms with Crippen LogP contribution in [-0.4, -0.2) is 25.5 Å². The van der Waals surface area contributed by atoms with Gasteiger partial charge in [-0.25, -0.2) is 0 Å². The number of imide groups is 1. The van der Waals surface area contributed by atoms with E-state index in [2.05, 4.69) is 54.7 Å². The predicted octanol–water partition coefficient (Wildman–Crippen LogP) is 5.15. The lowest BCUT2D eigenvalue weighted by atomic mass is 9.75. The summed E-state index contributed by atoms with van der Waals surface area (Å²) in [5, 5.41) is 2.55. The molecule has 4 nitrogen and oxygen atoms in total. The van der Waals surface area contributed by atoms with E-state index in [9.17, 15) is 9.59 Å². The van der Waals surface area contributed by atoms with Crippen molar-refractivity contribution in [2.75, 3.05) is 13.7 Å². The summed E-state index contributed by atoms with van der Waals surface area (Å²) in [6.45, 7) is 2.79. The molecule has 0 aliphatic carbocycles. The van der Waals surface area contributed by atoms with E-state index >= 15 is 0 Å². The summed E-state index contributed by atoms with van der Waals surface area (Å²) in [6, 6.07) is 24.6. The molecule has 3 aromatic rings. The monoisotopic (exact) mass is 427 g/mol. The molecule has 1 saturated heterocycles. The smallest absolute Gasteiger partial charge is 0.234 e. The zero-order chi connectivity index (χ0) is 22.5. The Balaban J connectivity index is 1.69. The van der Waals surface area contributed by atoms with E-state index in [4.69, 9.17) is 4.74 Å². The number of ether oxygens (including phenoxy) is 1. The second kappa shape index (κ2) is 9.92. The summed E-state index contributed by atoms with van der Waals surface area (Å²) in [7, 11) is 1.73. The number of hydrogen-bond acceptors (Lipinski definition) is 3. The first kappa shape index (κ1) is 22.0. The van der Waals surface area contributed by atoms with Crippen LogP contribution in [0.15, 0.2) is 72.8 Å². The minimum atomic E-state index is -0.388. The standard InChI is InChI=1S/C28H29NO3/c1-19-17-22(24-13-7-6-11-20(24)12-8-16-32-2)14-15-23(19)27-25(18-26(30)29-28(27)31)21-9-4-3-5-10-21/h3-7,9-11,13-15,17,25,27H,8,12,16,18H2,1-2H3,(H,29,30,31)/t25-,27-/m1/s1. The maximum atomic E-state index is 13.0. The number of piperidine rings is 1. The molecular formula is C28H29NO3. The minimum Gasteiger partial charge on any atom is -0.385 e. The molecule has 2 atom stereocenters. The van der Waals surface area contributed by atoms with E-state index in [1.54, 1.807) is 7.11 Å². The van der Waals surface area contributed by atoms with Crippen LogP contribution in [0.25, 0.3) is 11.1 Å². The lowest BCUT2D eigenvalue weighted by Gasteiger charge is -2.32. The maximum Gasteiger partial charge on any atom is 0.234 e. The van der Waals surface area contributed by atoms with Gasteiger partial charge in [-0.2, -0.15) is 0 Å². The second-order valence-electron chi connectivity index (χ2n) is 8.44. The average molecular weight is 428 g/mol. The van der Waals surface area contributed by atoms with Crippen molar-refractivity contribution >= 4 is 11.8 Å². The molecule has 1 N–H and O–H groups in total. The van der Waals surface area contributed by atoms with Crippen molar-refractivity contribution in [1.82, 2.24) is 5.32 Å². The molecule has 1 heterocycles. The lowest BCUT2D eigenvalue weighted by Crippen LogP contribution is -2.43. The van der Waals surface area contributed by atoms with Crippen molar-refractivity contribution in [1.29, 1.82) is 0 Å². The molecule has 0 bridgehead atoms. The fourth-order valence-corrected chi connectivity index (χ4v) is 4.75. The van der Waals surface area contributed by atoms with Crippen molar-refractivity contribution in [2.24, 2.45) is 0 Å². The van der Waals surface area contributed by atoms with E-state index in [0.717, 1.165) is 41.7 Å². The Bertz CT molecular complexity index is 1110. The molecule has 0 aromatic heterocycles. The van der Waals surface area contributed by atoms with Gasteiger partial charge in [-0.05, 0) is 53.1 Å². The maximum absolute atomic E-state index is 13.0. The van der Waals surface area contributed by atoms with Gasteiger partial charge in [0.15, 0.2) is 0 Å². The molecule has 1 fully saturated rings. The van der Waals surface area contributed by atoms with Crippen molar-refractivity contribution < 1.29 is 14.3 Å². The molecule has 1 aliphatic rings. The number of carbonyl (C=O) groups excluding carboxylic acids is 2. The number of hydrogen-bond donors (Lipinski definition) is 1. The molecule has 4 heteroatoms. The Morgan fingerprint density at radius 2 is 1.72 bits per heavy atom. The third-order valence-electron chi connectivity index (χ3n) is 6.31. The minimum absolute atomic E-state index is 0.164. The van der Waals surface area contributed by atoms with Crippen molar-refractivity contribution in [3.63, 3.8) is 0 Å². The summed E-state index contributed by atoms with van der Waals surface area (Å²) in [4.78, 5) is 25.1. The van der Waals surface area contributed by atoms with Crippen LogP contribution >= 0.6 is 0 Å². The summed E-state index contributed by atoms with van der Waals surface area (Å²) >= 11 is 0. The number of nitrogens with one attached hydrogen (secondary N) is 1. The van der Waals surface area contributed by atoms with Gasteiger partial charge in [0.2, 0.25) is 11.8 Å². The van der Waals surface area contributed by atoms with Gasteiger partial charge < -0.3 is 4.74 Å². The summed E-state index contributed by atoms with van der Waals surface area (Å²) in [5.41, 5.74) is 6.70. The van der Waals surface area contributed by atoms with E-state index in [1.807, 2.05) is 30.3 Å². The normalized spacial score (nSPS) is 18.4. The van der Waals surface area contributed by atoms with Gasteiger partial charge in [0.05, 0.1) is 5.92 Å². The first-order valence-corrected chi connectivity index (χ1v) is 11.1. The van der Waals surface area contributed by atoms with E-state index < -0.39 is 0 Å². The number of rotatable bonds is 7. The van der Waals surface area contributed by atoms with Crippen LogP contribution in [0.4, 0.5) is 0 Å². The highest BCUT2D eigenvalue weighted by Crippen LogP contribution is 2.40. The first-order valence-electron chi connectivity index (χ1n) is 11.1. The number of aryl methyl sites for hydroxylation is 2. The van der Waals surface area contributed by atoms with Gasteiger partial charge in [-0.1, -0.05) is 72.8 Å². The van der Waals surface area contributed by atoms with E-state index in [0.29, 0.717) is 6.42 Å². The first-order chi connectivity index (χ1) is 15.6. The van der Waals surface area contributed by atoms with Crippen LogP contribution in [0, 0.1) is 6.92 Å². The van der Waals surface area contributed by atoms with Crippen LogP contribution in [0.5, 0.6) is 0 Å². The Morgan fingerprint density at radius 1 is 0.969 bits per heavy atom. The highest BCUT2D eigenvalue weighted by Gasteiger charge is 2.38.